The van der Waals surface area contributed by atoms with Crippen LogP contribution < -0.4 is 4.90 Å². The lowest BCUT2D eigenvalue weighted by Gasteiger charge is -2.19. The van der Waals surface area contributed by atoms with E-state index in [9.17, 15) is 0 Å². The fourth-order valence-corrected chi connectivity index (χ4v) is 2.86. The van der Waals surface area contributed by atoms with E-state index in [4.69, 9.17) is 0 Å². The number of aryl methyl sites for hydroxylation is 1. The molecule has 1 heterocycles. The van der Waals surface area contributed by atoms with Crippen LogP contribution in [0.25, 0.3) is 0 Å². The minimum atomic E-state index is 0.901. The molecule has 0 atom stereocenters. The summed E-state index contributed by atoms with van der Waals surface area (Å²) < 4.78 is 0.901. The molecule has 0 spiro atoms. The largest absolute Gasteiger partial charge is 0.318 e. The van der Waals surface area contributed by atoms with Gasteiger partial charge in [0.25, 0.3) is 0 Å². The summed E-state index contributed by atoms with van der Waals surface area (Å²) >= 11 is 5.04. The van der Waals surface area contributed by atoms with Crippen LogP contribution in [-0.2, 0) is 0 Å². The molecule has 0 aliphatic rings. The molecule has 0 fully saturated rings. The van der Waals surface area contributed by atoms with Crippen LogP contribution in [0.5, 0.6) is 0 Å². The van der Waals surface area contributed by atoms with Gasteiger partial charge >= 0.3 is 0 Å². The number of nitrogens with zero attached hydrogens (tertiary/aromatic N) is 2. The quantitative estimate of drug-likeness (QED) is 0.836. The summed E-state index contributed by atoms with van der Waals surface area (Å²) in [5.41, 5.74) is 2.47. The van der Waals surface area contributed by atoms with Gasteiger partial charge in [-0.15, -0.1) is 11.3 Å². The molecule has 84 valence electrons. The SMILES string of the molecule is CCN(c1ccc(C)cc1)c1nc(Br)cs1. The molecule has 1 aromatic heterocycles. The number of benzene rings is 1. The van der Waals surface area contributed by atoms with Crippen molar-refractivity contribution in [3.8, 4) is 0 Å². The standard InChI is InChI=1S/C12H13BrN2S/c1-3-15(12-14-11(13)8-16-12)10-6-4-9(2)5-7-10/h4-8H,3H2,1-2H3. The van der Waals surface area contributed by atoms with Gasteiger partial charge in [0.2, 0.25) is 0 Å². The Bertz CT molecular complexity index is 464. The first-order chi connectivity index (χ1) is 7.70. The number of halogens is 1. The zero-order valence-electron chi connectivity index (χ0n) is 9.27. The number of thiazole rings is 1. The fourth-order valence-electron chi connectivity index (χ4n) is 1.52. The van der Waals surface area contributed by atoms with Crippen LogP contribution in [0.4, 0.5) is 10.8 Å². The lowest BCUT2D eigenvalue weighted by molar-refractivity contribution is 1.01. The summed E-state index contributed by atoms with van der Waals surface area (Å²) in [6.45, 7) is 5.15. The Morgan fingerprint density at radius 2 is 2.00 bits per heavy atom. The van der Waals surface area contributed by atoms with E-state index >= 15 is 0 Å². The highest BCUT2D eigenvalue weighted by molar-refractivity contribution is 9.10. The summed E-state index contributed by atoms with van der Waals surface area (Å²) in [5.74, 6) is 0. The van der Waals surface area contributed by atoms with Crippen LogP contribution in [0.2, 0.25) is 0 Å². The number of anilines is 2. The van der Waals surface area contributed by atoms with Crippen molar-refractivity contribution in [2.45, 2.75) is 13.8 Å². The van der Waals surface area contributed by atoms with Crippen molar-refractivity contribution < 1.29 is 0 Å². The van der Waals surface area contributed by atoms with Gasteiger partial charge < -0.3 is 4.90 Å². The first-order valence-corrected chi connectivity index (χ1v) is 6.83. The number of hydrogen-bond donors (Lipinski definition) is 0. The Kier molecular flexibility index (Phi) is 3.61. The molecule has 0 saturated heterocycles. The van der Waals surface area contributed by atoms with Crippen LogP contribution in [0.15, 0.2) is 34.2 Å². The van der Waals surface area contributed by atoms with Gasteiger partial charge in [-0.1, -0.05) is 17.7 Å². The Labute approximate surface area is 108 Å². The predicted molar refractivity (Wildman–Crippen MR) is 73.7 cm³/mol. The molecule has 4 heteroatoms. The fraction of sp³-hybridized carbons (Fsp3) is 0.250. The van der Waals surface area contributed by atoms with E-state index < -0.39 is 0 Å². The second-order valence-corrected chi connectivity index (χ2v) is 5.18. The van der Waals surface area contributed by atoms with E-state index in [1.807, 2.05) is 5.38 Å². The first kappa shape index (κ1) is 11.6. The summed E-state index contributed by atoms with van der Waals surface area (Å²) in [7, 11) is 0. The van der Waals surface area contributed by atoms with Gasteiger partial charge in [-0.25, -0.2) is 4.98 Å². The van der Waals surface area contributed by atoms with Crippen LogP contribution in [0.3, 0.4) is 0 Å². The molecule has 2 rings (SSSR count). The van der Waals surface area contributed by atoms with Gasteiger partial charge in [-0.3, -0.25) is 0 Å². The predicted octanol–water partition coefficient (Wildman–Crippen LogP) is 4.37. The van der Waals surface area contributed by atoms with Gasteiger partial charge in [-0.2, -0.15) is 0 Å². The molecule has 2 aromatic rings. The molecule has 0 N–H and O–H groups in total. The molecule has 0 radical (unpaired) electrons. The minimum Gasteiger partial charge on any atom is -0.318 e. The van der Waals surface area contributed by atoms with E-state index in [0.29, 0.717) is 0 Å². The Morgan fingerprint density at radius 3 is 2.50 bits per heavy atom. The van der Waals surface area contributed by atoms with Crippen LogP contribution >= 0.6 is 27.3 Å². The number of hydrogen-bond acceptors (Lipinski definition) is 3. The van der Waals surface area contributed by atoms with Gasteiger partial charge in [0.1, 0.15) is 4.60 Å². The van der Waals surface area contributed by atoms with Crippen LogP contribution in [0, 0.1) is 6.92 Å². The van der Waals surface area contributed by atoms with Crippen molar-refractivity contribution in [2.75, 3.05) is 11.4 Å². The van der Waals surface area contributed by atoms with Gasteiger partial charge in [0.15, 0.2) is 5.13 Å². The van der Waals surface area contributed by atoms with Crippen molar-refractivity contribution in [3.63, 3.8) is 0 Å². The Balaban J connectivity index is 2.32. The normalized spacial score (nSPS) is 10.4. The molecule has 16 heavy (non-hydrogen) atoms. The summed E-state index contributed by atoms with van der Waals surface area (Å²) in [6, 6.07) is 8.52. The molecule has 0 amide bonds. The Hall–Kier alpha value is -0.870. The highest BCUT2D eigenvalue weighted by atomic mass is 79.9. The smallest absolute Gasteiger partial charge is 0.190 e. The molecule has 1 aromatic carbocycles. The maximum atomic E-state index is 4.44. The molecule has 0 bridgehead atoms. The molecule has 0 saturated carbocycles. The van der Waals surface area contributed by atoms with E-state index in [1.54, 1.807) is 11.3 Å². The lowest BCUT2D eigenvalue weighted by atomic mass is 10.2. The number of aromatic nitrogens is 1. The first-order valence-electron chi connectivity index (χ1n) is 5.16. The third-order valence-corrected chi connectivity index (χ3v) is 3.93. The van der Waals surface area contributed by atoms with E-state index in [1.165, 1.54) is 11.3 Å². The summed E-state index contributed by atoms with van der Waals surface area (Å²) in [5, 5.41) is 3.03. The molecule has 0 unspecified atom stereocenters. The maximum Gasteiger partial charge on any atom is 0.190 e. The third kappa shape index (κ3) is 2.44. The maximum absolute atomic E-state index is 4.44. The van der Waals surface area contributed by atoms with Gasteiger partial charge in [-0.05, 0) is 41.9 Å². The average Bonchev–Trinajstić information content (AvgIpc) is 2.69. The van der Waals surface area contributed by atoms with Gasteiger partial charge in [0, 0.05) is 17.6 Å². The summed E-state index contributed by atoms with van der Waals surface area (Å²) in [4.78, 5) is 6.65. The molecule has 0 aliphatic heterocycles. The minimum absolute atomic E-state index is 0.901. The third-order valence-electron chi connectivity index (χ3n) is 2.36. The molecular weight excluding hydrogens is 284 g/mol. The lowest BCUT2D eigenvalue weighted by Crippen LogP contribution is -2.15. The average molecular weight is 297 g/mol. The van der Waals surface area contributed by atoms with E-state index in [-0.39, 0.29) is 0 Å². The van der Waals surface area contributed by atoms with Crippen molar-refractivity contribution in [1.29, 1.82) is 0 Å². The van der Waals surface area contributed by atoms with Crippen molar-refractivity contribution in [3.05, 3.63) is 39.8 Å². The van der Waals surface area contributed by atoms with Crippen molar-refractivity contribution in [2.24, 2.45) is 0 Å². The second-order valence-electron chi connectivity index (χ2n) is 3.53. The zero-order valence-corrected chi connectivity index (χ0v) is 11.7. The van der Waals surface area contributed by atoms with Crippen molar-refractivity contribution in [1.82, 2.24) is 4.98 Å². The molecule has 0 aliphatic carbocycles. The van der Waals surface area contributed by atoms with E-state index in [2.05, 4.69) is 63.9 Å². The monoisotopic (exact) mass is 296 g/mol. The highest BCUT2D eigenvalue weighted by Gasteiger charge is 2.10. The van der Waals surface area contributed by atoms with Crippen LogP contribution in [-0.4, -0.2) is 11.5 Å². The number of rotatable bonds is 3. The second kappa shape index (κ2) is 4.97. The zero-order chi connectivity index (χ0) is 11.5. The van der Waals surface area contributed by atoms with Gasteiger partial charge in [0.05, 0.1) is 0 Å². The Morgan fingerprint density at radius 1 is 1.31 bits per heavy atom. The highest BCUT2D eigenvalue weighted by Crippen LogP contribution is 2.29. The van der Waals surface area contributed by atoms with Crippen LogP contribution in [0.1, 0.15) is 12.5 Å². The topological polar surface area (TPSA) is 16.1 Å². The molecule has 2 nitrogen and oxygen atoms in total. The summed E-state index contributed by atoms with van der Waals surface area (Å²) in [6.07, 6.45) is 0. The molecular formula is C12H13BrN2S. The van der Waals surface area contributed by atoms with Crippen molar-refractivity contribution >= 4 is 38.1 Å². The van der Waals surface area contributed by atoms with E-state index in [0.717, 1.165) is 16.3 Å².